The van der Waals surface area contributed by atoms with Gasteiger partial charge in [0.15, 0.2) is 0 Å². The number of amides is 6. The second-order valence-corrected chi connectivity index (χ2v) is 23.8. The van der Waals surface area contributed by atoms with Crippen molar-refractivity contribution in [1.82, 2.24) is 61.5 Å². The Balaban J connectivity index is 1.13. The van der Waals surface area contributed by atoms with Gasteiger partial charge in [-0.15, -0.1) is 68.0 Å². The zero-order valence-electron chi connectivity index (χ0n) is 42.3. The number of aryl methyl sites for hydroxylation is 1. The van der Waals surface area contributed by atoms with Gasteiger partial charge >= 0.3 is 5.97 Å². The number of anilines is 1. The lowest BCUT2D eigenvalue weighted by Crippen LogP contribution is -2.40. The standard InChI is InChI=1S/C50H47N13O10S6/c1-21(2)36-50-63-39(30(79-50)17-73-5)43(71)52-16-34(66)60-40(41(69)23-9-7-6-8-10-23)49-57-28(19-75-49)46-53-15-29(78-46)38-24(11-12-25(54-38)47-59-31(20-76-47)58-33(65)14-35(67)68)45-56-27(18-74-45)42(70)55-26(13-32(64)51-4)48-62-37(22(3)77-48)44(72)61-36/h6-12,15,18-21,26,36,40-41,69H,13-14,16-17H2,1-5H3,(H,51,64)(H,52,71)(H,55,70)(H,58,65)(H,60,66)(H,61,72)(H,67,68)/t26-,36-,40-,41-/m0/s1. The number of aliphatic hydroxyl groups excluding tert-OH is 1. The molecule has 23 nitrogen and oxygen atoms in total. The van der Waals surface area contributed by atoms with Crippen LogP contribution in [-0.2, 0) is 30.5 Å². The number of ether oxygens (including phenoxy) is 1. The largest absolute Gasteiger partial charge is 0.481 e. The van der Waals surface area contributed by atoms with Crippen molar-refractivity contribution < 1.29 is 48.5 Å². The summed E-state index contributed by atoms with van der Waals surface area (Å²) in [6, 6.07) is 9.33. The second-order valence-electron chi connectivity index (χ2n) is 17.8. The Morgan fingerprint density at radius 2 is 1.49 bits per heavy atom. The van der Waals surface area contributed by atoms with Crippen molar-refractivity contribution in [3.63, 3.8) is 0 Å². The van der Waals surface area contributed by atoms with Crippen molar-refractivity contribution in [2.24, 2.45) is 5.92 Å². The summed E-state index contributed by atoms with van der Waals surface area (Å²) >= 11 is 7.01. The van der Waals surface area contributed by atoms with Gasteiger partial charge in [-0.05, 0) is 30.5 Å². The van der Waals surface area contributed by atoms with Crippen LogP contribution < -0.4 is 31.9 Å². The zero-order valence-corrected chi connectivity index (χ0v) is 47.2. The fourth-order valence-corrected chi connectivity index (χ4v) is 13.6. The fraction of sp³-hybridized carbons (Fsp3) is 0.280. The Hall–Kier alpha value is -7.64. The van der Waals surface area contributed by atoms with Crippen LogP contribution in [0.1, 0.15) is 113 Å². The third-order valence-electron chi connectivity index (χ3n) is 11.8. The van der Waals surface area contributed by atoms with Crippen LogP contribution in [-0.4, -0.2) is 107 Å². The summed E-state index contributed by atoms with van der Waals surface area (Å²) in [4.78, 5) is 127. The van der Waals surface area contributed by atoms with Gasteiger partial charge in [0.25, 0.3) is 17.7 Å². The van der Waals surface area contributed by atoms with Gasteiger partial charge < -0.3 is 46.9 Å². The van der Waals surface area contributed by atoms with E-state index < -0.39 is 78.6 Å². The molecule has 6 amide bonds. The molecular weight excluding hydrogens is 1140 g/mol. The molecule has 9 rings (SSSR count). The van der Waals surface area contributed by atoms with E-state index in [2.05, 4.69) is 46.9 Å². The number of carbonyl (C=O) groups is 7. The molecule has 1 aromatic carbocycles. The normalized spacial score (nSPS) is 16.5. The number of fused-ring (bicyclic) bond motifs is 14. The van der Waals surface area contributed by atoms with E-state index in [1.807, 2.05) is 13.8 Å². The number of benzene rings is 1. The van der Waals surface area contributed by atoms with Crippen LogP contribution in [0.15, 0.2) is 64.8 Å². The molecule has 0 spiro atoms. The van der Waals surface area contributed by atoms with Crippen LogP contribution in [0, 0.1) is 12.8 Å². The van der Waals surface area contributed by atoms with Crippen molar-refractivity contribution in [1.29, 1.82) is 0 Å². The number of carboxylic acids is 1. The molecule has 0 fully saturated rings. The molecule has 0 saturated heterocycles. The minimum Gasteiger partial charge on any atom is -0.481 e. The summed E-state index contributed by atoms with van der Waals surface area (Å²) in [5.41, 5.74) is 2.21. The number of aromatic nitrogens is 7. The molecule has 1 aliphatic heterocycles. The lowest BCUT2D eigenvalue weighted by atomic mass is 10.0. The first-order valence-electron chi connectivity index (χ1n) is 23.9. The van der Waals surface area contributed by atoms with E-state index in [0.717, 1.165) is 45.3 Å². The van der Waals surface area contributed by atoms with Gasteiger partial charge in [0.05, 0.1) is 52.8 Å². The third kappa shape index (κ3) is 12.9. The first-order chi connectivity index (χ1) is 38.0. The van der Waals surface area contributed by atoms with E-state index in [1.165, 1.54) is 36.8 Å². The maximum atomic E-state index is 14.2. The van der Waals surface area contributed by atoms with E-state index in [1.54, 1.807) is 71.7 Å². The van der Waals surface area contributed by atoms with Crippen molar-refractivity contribution in [3.05, 3.63) is 112 Å². The van der Waals surface area contributed by atoms with Gasteiger partial charge in [0, 0.05) is 46.9 Å². The highest BCUT2D eigenvalue weighted by Gasteiger charge is 2.33. The second kappa shape index (κ2) is 24.6. The number of rotatable bonds is 11. The van der Waals surface area contributed by atoms with Gasteiger partial charge in [0.2, 0.25) is 17.7 Å². The Morgan fingerprint density at radius 1 is 0.734 bits per heavy atom. The SMILES string of the molecule is CNC(=O)C[C@@H]1NC(=O)c2csc(n2)-c2ccc(-c3nc(NC(=O)CC(=O)O)cs3)nc2-c2cnc(s2)-c2csc(n2)[C@H]([C@@H](O)c2ccccc2)NC(=O)CNC(=O)c2nc(sc2COC)[C@H](C(C)C)NC(=O)c2nc1sc2C. The lowest BCUT2D eigenvalue weighted by molar-refractivity contribution is -0.139. The van der Waals surface area contributed by atoms with Gasteiger partial charge in [-0.2, -0.15) is 0 Å². The summed E-state index contributed by atoms with van der Waals surface area (Å²) in [5, 5.41) is 44.5. The number of nitrogens with one attached hydrogen (secondary N) is 6. The van der Waals surface area contributed by atoms with Crippen LogP contribution in [0.25, 0.3) is 42.5 Å². The monoisotopic (exact) mass is 1180 g/mol. The molecule has 0 unspecified atom stereocenters. The number of hydrogen-bond donors (Lipinski definition) is 8. The number of nitrogens with zero attached hydrogens (tertiary/aromatic N) is 7. The first-order valence-corrected chi connectivity index (χ1v) is 29.0. The van der Waals surface area contributed by atoms with E-state index in [9.17, 15) is 38.7 Å². The van der Waals surface area contributed by atoms with Crippen LogP contribution in [0.2, 0.25) is 0 Å². The Kier molecular flexibility index (Phi) is 17.4. The Morgan fingerprint density at radius 3 is 2.24 bits per heavy atom. The summed E-state index contributed by atoms with van der Waals surface area (Å²) in [6.45, 7) is 4.92. The molecule has 7 aromatic heterocycles. The molecule has 1 aliphatic rings. The molecule has 8 aromatic rings. The van der Waals surface area contributed by atoms with Crippen LogP contribution in [0.5, 0.6) is 0 Å². The molecule has 29 heteroatoms. The highest BCUT2D eigenvalue weighted by molar-refractivity contribution is 7.19. The van der Waals surface area contributed by atoms with E-state index in [4.69, 9.17) is 29.8 Å². The molecular formula is C50H47N13O10S6. The van der Waals surface area contributed by atoms with Crippen molar-refractivity contribution in [3.8, 4) is 42.5 Å². The lowest BCUT2D eigenvalue weighted by Gasteiger charge is -2.23. The number of aliphatic hydroxyl groups is 1. The topological polar surface area (TPSA) is 332 Å². The fourth-order valence-electron chi connectivity index (χ4n) is 7.96. The van der Waals surface area contributed by atoms with Gasteiger partial charge in [-0.3, -0.25) is 33.6 Å². The predicted octanol–water partition coefficient (Wildman–Crippen LogP) is 6.73. The summed E-state index contributed by atoms with van der Waals surface area (Å²) in [5.74, 6) is -5.11. The minimum absolute atomic E-state index is 0.00283. The van der Waals surface area contributed by atoms with Crippen LogP contribution >= 0.6 is 68.0 Å². The number of thiazole rings is 6. The van der Waals surface area contributed by atoms with Crippen molar-refractivity contribution >= 4 is 115 Å². The van der Waals surface area contributed by atoms with Crippen LogP contribution in [0.3, 0.4) is 0 Å². The summed E-state index contributed by atoms with van der Waals surface area (Å²) in [6.07, 6.45) is -0.671. The highest BCUT2D eigenvalue weighted by Crippen LogP contribution is 2.41. The highest BCUT2D eigenvalue weighted by atomic mass is 32.1. The number of methoxy groups -OCH3 is 1. The van der Waals surface area contributed by atoms with Gasteiger partial charge in [-0.1, -0.05) is 44.2 Å². The molecule has 8 N–H and O–H groups in total. The number of aliphatic carboxylic acids is 1. The van der Waals surface area contributed by atoms with Gasteiger partial charge in [-0.25, -0.2) is 34.9 Å². The zero-order chi connectivity index (χ0) is 56.1. The summed E-state index contributed by atoms with van der Waals surface area (Å²) < 4.78 is 5.43. The molecule has 0 saturated carbocycles. The average Bonchev–Trinajstić information content (AvgIpc) is 4.33. The maximum absolute atomic E-state index is 14.2. The molecule has 79 heavy (non-hydrogen) atoms. The van der Waals surface area contributed by atoms with E-state index >= 15 is 0 Å². The molecule has 10 bridgehead atoms. The maximum Gasteiger partial charge on any atom is 0.312 e. The number of pyridine rings is 1. The van der Waals surface area contributed by atoms with E-state index in [-0.39, 0.29) is 46.9 Å². The molecule has 0 aliphatic carbocycles. The quantitative estimate of drug-likeness (QED) is 0.0623. The smallest absolute Gasteiger partial charge is 0.312 e. The van der Waals surface area contributed by atoms with Crippen LogP contribution in [0.4, 0.5) is 5.82 Å². The number of carboxylic acid groups (broad SMARTS) is 1. The minimum atomic E-state index is -1.30. The molecule has 408 valence electrons. The van der Waals surface area contributed by atoms with Gasteiger partial charge in [0.1, 0.15) is 77.2 Å². The third-order valence-corrected chi connectivity index (χ3v) is 17.7. The average molecular weight is 1180 g/mol. The molecule has 4 atom stereocenters. The van der Waals surface area contributed by atoms with E-state index in [0.29, 0.717) is 67.9 Å². The Bertz CT molecular complexity index is 3610. The van der Waals surface area contributed by atoms with Crippen molar-refractivity contribution in [2.75, 3.05) is 26.0 Å². The number of hydrogen-bond acceptors (Lipinski definition) is 22. The number of carbonyl (C=O) groups excluding carboxylic acids is 6. The molecule has 8 heterocycles. The Labute approximate surface area is 473 Å². The first kappa shape index (κ1) is 56.1. The summed E-state index contributed by atoms with van der Waals surface area (Å²) in [7, 11) is 2.92. The van der Waals surface area contributed by atoms with Crippen molar-refractivity contribution in [2.45, 2.75) is 64.4 Å². The molecule has 0 radical (unpaired) electrons. The predicted molar refractivity (Wildman–Crippen MR) is 298 cm³/mol.